The van der Waals surface area contributed by atoms with E-state index in [2.05, 4.69) is 9.88 Å². The molecular weight excluding hydrogens is 396 g/mol. The zero-order valence-corrected chi connectivity index (χ0v) is 18.1. The number of nitrogens with two attached hydrogens (primary N) is 1. The van der Waals surface area contributed by atoms with Crippen LogP contribution in [0, 0.1) is 5.92 Å². The maximum Gasteiger partial charge on any atom is 0.246 e. The van der Waals surface area contributed by atoms with Crippen LogP contribution < -0.4 is 10.7 Å². The molecule has 2 aromatic rings. The van der Waals surface area contributed by atoms with E-state index in [1.165, 1.54) is 22.2 Å². The summed E-state index contributed by atoms with van der Waals surface area (Å²) in [5.74, 6) is -1.67. The average Bonchev–Trinajstić information content (AvgIpc) is 3.28. The van der Waals surface area contributed by atoms with Gasteiger partial charge in [-0.05, 0) is 26.0 Å². The molecule has 2 heterocycles. The Morgan fingerprint density at radius 1 is 1.13 bits per heavy atom. The third-order valence-electron chi connectivity index (χ3n) is 5.69. The molecule has 1 aliphatic heterocycles. The predicted molar refractivity (Wildman–Crippen MR) is 116 cm³/mol. The van der Waals surface area contributed by atoms with Crippen molar-refractivity contribution in [2.75, 3.05) is 38.2 Å². The standard InChI is InChI=1S/C22H30N6O3/c1-17(21(23)30)28(27-9-8-24-16-27)22(31)19(14-18-6-4-3-5-7-18)15-20(29)26-12-10-25(2)11-13-26/h3-9,16-17,19H,10-15H2,1-2H3,(H2,23,30)/t17-,19?/m1/s1. The zero-order valence-electron chi connectivity index (χ0n) is 18.1. The molecule has 1 aromatic carbocycles. The first kappa shape index (κ1) is 22.5. The van der Waals surface area contributed by atoms with Gasteiger partial charge in [-0.15, -0.1) is 0 Å². The molecule has 0 bridgehead atoms. The zero-order chi connectivity index (χ0) is 22.4. The van der Waals surface area contributed by atoms with Crippen LogP contribution in [0.5, 0.6) is 0 Å². The lowest BCUT2D eigenvalue weighted by Crippen LogP contribution is -2.55. The van der Waals surface area contributed by atoms with Crippen LogP contribution in [0.3, 0.4) is 0 Å². The van der Waals surface area contributed by atoms with E-state index in [9.17, 15) is 14.4 Å². The maximum absolute atomic E-state index is 13.7. The van der Waals surface area contributed by atoms with Crippen molar-refractivity contribution in [2.24, 2.45) is 11.7 Å². The molecule has 1 aromatic heterocycles. The summed E-state index contributed by atoms with van der Waals surface area (Å²) in [5.41, 5.74) is 6.47. The molecule has 3 rings (SSSR count). The van der Waals surface area contributed by atoms with E-state index >= 15 is 0 Å². The van der Waals surface area contributed by atoms with Crippen molar-refractivity contribution in [3.05, 3.63) is 54.6 Å². The van der Waals surface area contributed by atoms with Crippen LogP contribution in [0.15, 0.2) is 49.1 Å². The second kappa shape index (κ2) is 10.2. The lowest BCUT2D eigenvalue weighted by atomic mass is 9.93. The van der Waals surface area contributed by atoms with Crippen molar-refractivity contribution >= 4 is 17.7 Å². The number of rotatable bonds is 8. The summed E-state index contributed by atoms with van der Waals surface area (Å²) in [7, 11) is 2.03. The largest absolute Gasteiger partial charge is 0.368 e. The van der Waals surface area contributed by atoms with Crippen LogP contribution in [0.2, 0.25) is 0 Å². The van der Waals surface area contributed by atoms with Crippen molar-refractivity contribution in [3.63, 3.8) is 0 Å². The summed E-state index contributed by atoms with van der Waals surface area (Å²) in [6.07, 6.45) is 5.00. The summed E-state index contributed by atoms with van der Waals surface area (Å²) in [6, 6.07) is 8.68. The number of amides is 3. The van der Waals surface area contributed by atoms with Gasteiger partial charge in [0.05, 0.1) is 5.92 Å². The Bertz CT molecular complexity index is 878. The molecular formula is C22H30N6O3. The molecule has 0 radical (unpaired) electrons. The first-order valence-corrected chi connectivity index (χ1v) is 10.5. The highest BCUT2D eigenvalue weighted by Gasteiger charge is 2.34. The number of aromatic nitrogens is 2. The molecule has 0 spiro atoms. The Labute approximate surface area is 182 Å². The maximum atomic E-state index is 13.7. The van der Waals surface area contributed by atoms with Crippen LogP contribution in [0.1, 0.15) is 18.9 Å². The summed E-state index contributed by atoms with van der Waals surface area (Å²) in [6.45, 7) is 4.48. The Hall–Kier alpha value is -3.20. The molecule has 1 aliphatic rings. The lowest BCUT2D eigenvalue weighted by Gasteiger charge is -2.34. The number of carbonyl (C=O) groups excluding carboxylic acids is 3. The van der Waals surface area contributed by atoms with Gasteiger partial charge >= 0.3 is 0 Å². The highest BCUT2D eigenvalue weighted by molar-refractivity contribution is 5.97. The quantitative estimate of drug-likeness (QED) is 0.651. The summed E-state index contributed by atoms with van der Waals surface area (Å²) in [5, 5.41) is 1.29. The second-order valence-corrected chi connectivity index (χ2v) is 7.98. The minimum absolute atomic E-state index is 0.0558. The van der Waals surface area contributed by atoms with E-state index in [0.29, 0.717) is 19.5 Å². The Morgan fingerprint density at radius 2 is 1.81 bits per heavy atom. The molecule has 0 aliphatic carbocycles. The molecule has 2 atom stereocenters. The molecule has 3 amide bonds. The predicted octanol–water partition coefficient (Wildman–Crippen LogP) is 0.245. The highest BCUT2D eigenvalue weighted by Crippen LogP contribution is 2.19. The third-order valence-corrected chi connectivity index (χ3v) is 5.69. The van der Waals surface area contributed by atoms with E-state index in [1.54, 1.807) is 13.1 Å². The Balaban J connectivity index is 1.85. The van der Waals surface area contributed by atoms with Crippen LogP contribution in [0.25, 0.3) is 0 Å². The molecule has 166 valence electrons. The molecule has 31 heavy (non-hydrogen) atoms. The molecule has 1 unspecified atom stereocenters. The van der Waals surface area contributed by atoms with Gasteiger partial charge in [0.1, 0.15) is 12.4 Å². The van der Waals surface area contributed by atoms with Crippen LogP contribution in [0.4, 0.5) is 0 Å². The minimum Gasteiger partial charge on any atom is -0.368 e. The van der Waals surface area contributed by atoms with E-state index < -0.39 is 17.9 Å². The number of benzene rings is 1. The highest BCUT2D eigenvalue weighted by atomic mass is 16.2. The van der Waals surface area contributed by atoms with Crippen molar-refractivity contribution < 1.29 is 14.4 Å². The van der Waals surface area contributed by atoms with Crippen LogP contribution in [-0.4, -0.2) is 76.4 Å². The Morgan fingerprint density at radius 3 is 2.39 bits per heavy atom. The summed E-state index contributed by atoms with van der Waals surface area (Å²) in [4.78, 5) is 46.6. The Kier molecular flexibility index (Phi) is 7.41. The number of piperazine rings is 1. The van der Waals surface area contributed by atoms with Gasteiger partial charge in [-0.3, -0.25) is 14.4 Å². The van der Waals surface area contributed by atoms with Gasteiger partial charge in [-0.1, -0.05) is 30.3 Å². The van der Waals surface area contributed by atoms with E-state index in [1.807, 2.05) is 42.3 Å². The van der Waals surface area contributed by atoms with Crippen molar-refractivity contribution in [1.29, 1.82) is 0 Å². The smallest absolute Gasteiger partial charge is 0.246 e. The number of primary amides is 1. The van der Waals surface area contributed by atoms with E-state index in [-0.39, 0.29) is 18.2 Å². The molecule has 1 saturated heterocycles. The van der Waals surface area contributed by atoms with E-state index in [4.69, 9.17) is 5.73 Å². The van der Waals surface area contributed by atoms with Gasteiger partial charge in [-0.25, -0.2) is 14.7 Å². The molecule has 9 nitrogen and oxygen atoms in total. The van der Waals surface area contributed by atoms with Gasteiger partial charge in [0.2, 0.25) is 17.7 Å². The monoisotopic (exact) mass is 426 g/mol. The molecule has 1 fully saturated rings. The van der Waals surface area contributed by atoms with Crippen molar-refractivity contribution in [3.8, 4) is 0 Å². The number of likely N-dealkylation sites (N-methyl/N-ethyl adjacent to an activating group) is 1. The minimum atomic E-state index is -0.890. The normalized spacial score (nSPS) is 16.5. The number of nitrogens with zero attached hydrogens (tertiary/aromatic N) is 5. The van der Waals surface area contributed by atoms with Crippen molar-refractivity contribution in [1.82, 2.24) is 19.5 Å². The molecule has 2 N–H and O–H groups in total. The van der Waals surface area contributed by atoms with Gasteiger partial charge in [-0.2, -0.15) is 0 Å². The van der Waals surface area contributed by atoms with Crippen LogP contribution >= 0.6 is 0 Å². The van der Waals surface area contributed by atoms with E-state index in [0.717, 1.165) is 18.7 Å². The SMILES string of the molecule is C[C@H](C(N)=O)N(C(=O)C(CC(=O)N1CCN(C)CC1)Cc1ccccc1)n1ccnc1. The van der Waals surface area contributed by atoms with Crippen LogP contribution in [-0.2, 0) is 20.8 Å². The first-order valence-electron chi connectivity index (χ1n) is 10.5. The lowest BCUT2D eigenvalue weighted by molar-refractivity contribution is -0.137. The number of hydrogen-bond acceptors (Lipinski definition) is 5. The fourth-order valence-electron chi connectivity index (χ4n) is 3.73. The van der Waals surface area contributed by atoms with Gasteiger partial charge in [0, 0.05) is 45.0 Å². The molecule has 0 saturated carbocycles. The third kappa shape index (κ3) is 5.69. The number of hydrogen-bond donors (Lipinski definition) is 1. The van der Waals surface area contributed by atoms with Gasteiger partial charge in [0.15, 0.2) is 0 Å². The first-order chi connectivity index (χ1) is 14.9. The van der Waals surface area contributed by atoms with Crippen molar-refractivity contribution in [2.45, 2.75) is 25.8 Å². The second-order valence-electron chi connectivity index (χ2n) is 7.98. The van der Waals surface area contributed by atoms with Gasteiger partial charge in [0.25, 0.3) is 0 Å². The average molecular weight is 427 g/mol. The fourth-order valence-corrected chi connectivity index (χ4v) is 3.73. The number of carbonyl (C=O) groups is 3. The van der Waals surface area contributed by atoms with Gasteiger partial charge < -0.3 is 15.5 Å². The number of imidazole rings is 1. The summed E-state index contributed by atoms with van der Waals surface area (Å²) >= 11 is 0. The topological polar surface area (TPSA) is 105 Å². The summed E-state index contributed by atoms with van der Waals surface area (Å²) < 4.78 is 1.45. The molecule has 9 heteroatoms. The fraction of sp³-hybridized carbons (Fsp3) is 0.455.